The summed E-state index contributed by atoms with van der Waals surface area (Å²) in [5.74, 6) is 4.44. The van der Waals surface area contributed by atoms with E-state index < -0.39 is 11.6 Å². The van der Waals surface area contributed by atoms with Crippen LogP contribution in [0.2, 0.25) is 0 Å². The van der Waals surface area contributed by atoms with E-state index in [0.717, 1.165) is 23.4 Å². The third-order valence-electron chi connectivity index (χ3n) is 3.29. The molecule has 0 saturated carbocycles. The van der Waals surface area contributed by atoms with Crippen LogP contribution in [0.3, 0.4) is 0 Å². The fraction of sp³-hybridized carbons (Fsp3) is 0.250. The molecule has 136 valence electrons. The van der Waals surface area contributed by atoms with Gasteiger partial charge in [0.05, 0.1) is 19.6 Å². The molecular weight excluding hydrogens is 340 g/mol. The Morgan fingerprint density at radius 2 is 1.85 bits per heavy atom. The molecule has 0 aliphatic heterocycles. The van der Waals surface area contributed by atoms with Crippen LogP contribution < -0.4 is 14.8 Å². The molecule has 2 aromatic carbocycles. The zero-order valence-electron chi connectivity index (χ0n) is 14.4. The Labute approximate surface area is 151 Å². The average molecular weight is 359 g/mol. The molecule has 0 unspecified atom stereocenters. The van der Waals surface area contributed by atoms with Gasteiger partial charge in [0.1, 0.15) is 18.2 Å². The van der Waals surface area contributed by atoms with Crippen molar-refractivity contribution in [2.75, 3.05) is 19.8 Å². The maximum Gasteiger partial charge on any atom is 0.225 e. The van der Waals surface area contributed by atoms with E-state index in [1.165, 1.54) is 6.07 Å². The lowest BCUT2D eigenvalue weighted by molar-refractivity contribution is -0.120. The first-order valence-corrected chi connectivity index (χ1v) is 8.10. The van der Waals surface area contributed by atoms with Gasteiger partial charge in [0.2, 0.25) is 5.91 Å². The van der Waals surface area contributed by atoms with E-state index in [0.29, 0.717) is 6.61 Å². The highest BCUT2D eigenvalue weighted by atomic mass is 19.1. The van der Waals surface area contributed by atoms with Gasteiger partial charge in [-0.1, -0.05) is 24.0 Å². The van der Waals surface area contributed by atoms with Crippen molar-refractivity contribution in [1.82, 2.24) is 5.32 Å². The number of rotatable bonds is 7. The molecule has 0 aliphatic carbocycles. The van der Waals surface area contributed by atoms with Crippen molar-refractivity contribution in [3.63, 3.8) is 0 Å². The number of nitrogens with one attached hydrogen (secondary N) is 1. The summed E-state index contributed by atoms with van der Waals surface area (Å²) in [6.45, 7) is 2.60. The van der Waals surface area contributed by atoms with Crippen molar-refractivity contribution in [2.45, 2.75) is 13.3 Å². The maximum absolute atomic E-state index is 13.3. The summed E-state index contributed by atoms with van der Waals surface area (Å²) >= 11 is 0. The maximum atomic E-state index is 13.3. The van der Waals surface area contributed by atoms with E-state index in [1.54, 1.807) is 0 Å². The molecule has 0 aromatic heterocycles. The van der Waals surface area contributed by atoms with Gasteiger partial charge in [0.15, 0.2) is 11.6 Å². The second kappa shape index (κ2) is 10.0. The summed E-state index contributed by atoms with van der Waals surface area (Å²) in [5.41, 5.74) is 0.869. The summed E-state index contributed by atoms with van der Waals surface area (Å²) in [6, 6.07) is 10.3. The molecule has 0 saturated heterocycles. The molecule has 0 fully saturated rings. The standard InChI is InChI=1S/C20H19F2NO3/c1-2-25-17-8-5-15(6-9-17)13-20(24)23-11-3-4-12-26-19-10-7-16(21)14-18(19)22/h5-10,14H,2,11-13H2,1H3,(H,23,24). The zero-order chi connectivity index (χ0) is 18.8. The Bertz CT molecular complexity index is 795. The summed E-state index contributed by atoms with van der Waals surface area (Å²) in [5, 5.41) is 2.67. The van der Waals surface area contributed by atoms with Crippen LogP contribution in [0.15, 0.2) is 42.5 Å². The molecule has 0 aliphatic rings. The first-order chi connectivity index (χ1) is 12.6. The first kappa shape index (κ1) is 19.3. The number of hydrogen-bond donors (Lipinski definition) is 1. The Kier molecular flexibility index (Phi) is 7.44. The number of hydrogen-bond acceptors (Lipinski definition) is 3. The van der Waals surface area contributed by atoms with Gasteiger partial charge in [0, 0.05) is 6.07 Å². The summed E-state index contributed by atoms with van der Waals surface area (Å²) in [4.78, 5) is 11.8. The highest BCUT2D eigenvalue weighted by molar-refractivity contribution is 5.78. The summed E-state index contributed by atoms with van der Waals surface area (Å²) in [7, 11) is 0. The molecular formula is C20H19F2NO3. The topological polar surface area (TPSA) is 47.6 Å². The highest BCUT2D eigenvalue weighted by Crippen LogP contribution is 2.17. The molecule has 6 heteroatoms. The van der Waals surface area contributed by atoms with Crippen LogP contribution in [0.5, 0.6) is 11.5 Å². The Morgan fingerprint density at radius 3 is 2.54 bits per heavy atom. The van der Waals surface area contributed by atoms with Crippen LogP contribution in [-0.2, 0) is 11.2 Å². The number of halogens is 2. The van der Waals surface area contributed by atoms with Crippen molar-refractivity contribution in [3.8, 4) is 23.3 Å². The molecule has 0 heterocycles. The van der Waals surface area contributed by atoms with E-state index in [-0.39, 0.29) is 31.2 Å². The molecule has 1 amide bonds. The van der Waals surface area contributed by atoms with Gasteiger partial charge in [-0.05, 0) is 36.8 Å². The van der Waals surface area contributed by atoms with Crippen LogP contribution in [0, 0.1) is 23.5 Å². The lowest BCUT2D eigenvalue weighted by Gasteiger charge is -2.05. The third-order valence-corrected chi connectivity index (χ3v) is 3.29. The molecule has 2 aromatic rings. The van der Waals surface area contributed by atoms with Crippen molar-refractivity contribution < 1.29 is 23.0 Å². The molecule has 26 heavy (non-hydrogen) atoms. The lowest BCUT2D eigenvalue weighted by atomic mass is 10.1. The lowest BCUT2D eigenvalue weighted by Crippen LogP contribution is -2.25. The van der Waals surface area contributed by atoms with Crippen molar-refractivity contribution in [1.29, 1.82) is 0 Å². The van der Waals surface area contributed by atoms with Crippen LogP contribution in [-0.4, -0.2) is 25.7 Å². The van der Waals surface area contributed by atoms with E-state index in [2.05, 4.69) is 17.2 Å². The Hall–Kier alpha value is -3.07. The summed E-state index contributed by atoms with van der Waals surface area (Å²) in [6.07, 6.45) is 0.241. The van der Waals surface area contributed by atoms with Gasteiger partial charge in [-0.3, -0.25) is 4.79 Å². The molecule has 0 bridgehead atoms. The van der Waals surface area contributed by atoms with Crippen LogP contribution in [0.25, 0.3) is 0 Å². The smallest absolute Gasteiger partial charge is 0.225 e. The normalized spacial score (nSPS) is 9.81. The number of carbonyl (C=O) groups is 1. The monoisotopic (exact) mass is 359 g/mol. The quantitative estimate of drug-likeness (QED) is 0.773. The predicted octanol–water partition coefficient (Wildman–Crippen LogP) is 3.10. The van der Waals surface area contributed by atoms with Gasteiger partial charge in [0.25, 0.3) is 0 Å². The van der Waals surface area contributed by atoms with Gasteiger partial charge in [-0.15, -0.1) is 0 Å². The number of amides is 1. The molecule has 1 N–H and O–H groups in total. The second-order valence-corrected chi connectivity index (χ2v) is 5.25. The van der Waals surface area contributed by atoms with Crippen molar-refractivity contribution in [3.05, 3.63) is 59.7 Å². The number of benzene rings is 2. The fourth-order valence-electron chi connectivity index (χ4n) is 2.08. The molecule has 0 radical (unpaired) electrons. The van der Waals surface area contributed by atoms with E-state index in [4.69, 9.17) is 9.47 Å². The van der Waals surface area contributed by atoms with Gasteiger partial charge < -0.3 is 14.8 Å². The van der Waals surface area contributed by atoms with Gasteiger partial charge >= 0.3 is 0 Å². The van der Waals surface area contributed by atoms with Crippen molar-refractivity contribution in [2.24, 2.45) is 0 Å². The minimum atomic E-state index is -0.782. The van der Waals surface area contributed by atoms with Gasteiger partial charge in [-0.25, -0.2) is 8.78 Å². The van der Waals surface area contributed by atoms with Crippen LogP contribution >= 0.6 is 0 Å². The summed E-state index contributed by atoms with van der Waals surface area (Å²) < 4.78 is 36.5. The largest absolute Gasteiger partial charge is 0.494 e. The molecule has 0 atom stereocenters. The minimum absolute atomic E-state index is 0.0582. The Morgan fingerprint density at radius 1 is 1.08 bits per heavy atom. The zero-order valence-corrected chi connectivity index (χ0v) is 14.4. The van der Waals surface area contributed by atoms with Crippen LogP contribution in [0.4, 0.5) is 8.78 Å². The molecule has 0 spiro atoms. The van der Waals surface area contributed by atoms with Gasteiger partial charge in [-0.2, -0.15) is 0 Å². The second-order valence-electron chi connectivity index (χ2n) is 5.25. The fourth-order valence-corrected chi connectivity index (χ4v) is 2.08. The third kappa shape index (κ3) is 6.44. The van der Waals surface area contributed by atoms with E-state index in [1.807, 2.05) is 31.2 Å². The number of carbonyl (C=O) groups excluding carboxylic acids is 1. The van der Waals surface area contributed by atoms with Crippen LogP contribution in [0.1, 0.15) is 12.5 Å². The highest BCUT2D eigenvalue weighted by Gasteiger charge is 2.04. The molecule has 2 rings (SSSR count). The number of ether oxygens (including phenoxy) is 2. The Balaban J connectivity index is 1.69. The average Bonchev–Trinajstić information content (AvgIpc) is 2.61. The predicted molar refractivity (Wildman–Crippen MR) is 94.0 cm³/mol. The van der Waals surface area contributed by atoms with Crippen molar-refractivity contribution >= 4 is 5.91 Å². The van der Waals surface area contributed by atoms with E-state index >= 15 is 0 Å². The first-order valence-electron chi connectivity index (χ1n) is 8.10. The minimum Gasteiger partial charge on any atom is -0.494 e. The van der Waals surface area contributed by atoms with E-state index in [9.17, 15) is 13.6 Å². The SMILES string of the molecule is CCOc1ccc(CC(=O)NCC#CCOc2ccc(F)cc2F)cc1. The molecule has 4 nitrogen and oxygen atoms in total.